The van der Waals surface area contributed by atoms with E-state index in [2.05, 4.69) is 15.6 Å². The van der Waals surface area contributed by atoms with Crippen LogP contribution in [0.2, 0.25) is 0 Å². The van der Waals surface area contributed by atoms with E-state index in [0.29, 0.717) is 12.1 Å². The fourth-order valence-corrected chi connectivity index (χ4v) is 3.34. The number of rotatable bonds is 6. The van der Waals surface area contributed by atoms with Gasteiger partial charge in [0.15, 0.2) is 0 Å². The number of para-hydroxylation sites is 1. The Balaban J connectivity index is 1.51. The van der Waals surface area contributed by atoms with Crippen LogP contribution in [0.15, 0.2) is 66.7 Å². The van der Waals surface area contributed by atoms with Crippen molar-refractivity contribution in [1.82, 2.24) is 15.0 Å². The fourth-order valence-electron chi connectivity index (χ4n) is 3.34. The lowest BCUT2D eigenvalue weighted by Gasteiger charge is -2.10. The van der Waals surface area contributed by atoms with Crippen molar-refractivity contribution < 1.29 is 23.9 Å². The molecule has 0 fully saturated rings. The second kappa shape index (κ2) is 9.31. The van der Waals surface area contributed by atoms with Gasteiger partial charge in [-0.3, -0.25) is 4.79 Å². The Hall–Kier alpha value is -4.53. The van der Waals surface area contributed by atoms with E-state index in [9.17, 15) is 14.4 Å². The summed E-state index contributed by atoms with van der Waals surface area (Å²) >= 11 is 0. The lowest BCUT2D eigenvalue weighted by molar-refractivity contribution is 0.0599. The molecule has 0 saturated carbocycles. The molecule has 0 bridgehead atoms. The molecule has 4 aromatic rings. The summed E-state index contributed by atoms with van der Waals surface area (Å²) in [5.74, 6) is -1.67. The summed E-state index contributed by atoms with van der Waals surface area (Å²) in [6.45, 7) is 0.506. The topological polar surface area (TPSA) is 112 Å². The number of hydrogen-bond acceptors (Lipinski definition) is 7. The van der Waals surface area contributed by atoms with Crippen molar-refractivity contribution in [1.29, 1.82) is 0 Å². The number of carbonyl (C=O) groups is 3. The van der Waals surface area contributed by atoms with Crippen molar-refractivity contribution in [2.75, 3.05) is 19.5 Å². The quantitative estimate of drug-likeness (QED) is 0.454. The van der Waals surface area contributed by atoms with Crippen LogP contribution in [0.25, 0.3) is 11.0 Å². The van der Waals surface area contributed by atoms with E-state index in [1.807, 2.05) is 36.4 Å². The molecule has 1 aromatic heterocycles. The van der Waals surface area contributed by atoms with Crippen LogP contribution < -0.4 is 5.32 Å². The molecule has 1 N–H and O–H groups in total. The van der Waals surface area contributed by atoms with E-state index in [-0.39, 0.29) is 16.8 Å². The molecule has 1 heterocycles. The van der Waals surface area contributed by atoms with Gasteiger partial charge in [0.1, 0.15) is 5.52 Å². The Morgan fingerprint density at radius 3 is 2.12 bits per heavy atom. The summed E-state index contributed by atoms with van der Waals surface area (Å²) in [4.78, 5) is 36.6. The normalized spacial score (nSPS) is 10.6. The Bertz CT molecular complexity index is 1310. The van der Waals surface area contributed by atoms with Gasteiger partial charge >= 0.3 is 11.9 Å². The lowest BCUT2D eigenvalue weighted by atomic mass is 10.1. The van der Waals surface area contributed by atoms with Crippen molar-refractivity contribution in [2.45, 2.75) is 6.54 Å². The molecule has 166 valence electrons. The molecule has 0 atom stereocenters. The number of carbonyl (C=O) groups excluding carboxylic acids is 3. The van der Waals surface area contributed by atoms with Gasteiger partial charge in [-0.2, -0.15) is 0 Å². The van der Waals surface area contributed by atoms with Gasteiger partial charge in [-0.1, -0.05) is 29.5 Å². The van der Waals surface area contributed by atoms with Crippen LogP contribution in [0.3, 0.4) is 0 Å². The van der Waals surface area contributed by atoms with E-state index in [1.165, 1.54) is 32.4 Å². The average molecular weight is 444 g/mol. The smallest absolute Gasteiger partial charge is 0.337 e. The van der Waals surface area contributed by atoms with E-state index in [0.717, 1.165) is 16.6 Å². The van der Waals surface area contributed by atoms with Gasteiger partial charge in [0, 0.05) is 11.3 Å². The van der Waals surface area contributed by atoms with Gasteiger partial charge < -0.3 is 14.8 Å². The number of amides is 1. The summed E-state index contributed by atoms with van der Waals surface area (Å²) in [6, 6.07) is 18.9. The number of esters is 2. The molecule has 3 aromatic carbocycles. The minimum Gasteiger partial charge on any atom is -0.465 e. The zero-order valence-corrected chi connectivity index (χ0v) is 17.9. The minimum absolute atomic E-state index is 0.117. The molecule has 1 amide bonds. The number of anilines is 1. The van der Waals surface area contributed by atoms with Gasteiger partial charge in [-0.15, -0.1) is 5.10 Å². The van der Waals surface area contributed by atoms with Crippen molar-refractivity contribution >= 4 is 34.6 Å². The van der Waals surface area contributed by atoms with Gasteiger partial charge in [0.05, 0.1) is 37.4 Å². The third-order valence-corrected chi connectivity index (χ3v) is 5.00. The molecule has 4 rings (SSSR count). The molecule has 9 nitrogen and oxygen atoms in total. The predicted molar refractivity (Wildman–Crippen MR) is 120 cm³/mol. The number of hydrogen-bond donors (Lipinski definition) is 1. The predicted octanol–water partition coefficient (Wildman–Crippen LogP) is 3.31. The maximum atomic E-state index is 12.7. The molecule has 0 aliphatic rings. The summed E-state index contributed by atoms with van der Waals surface area (Å²) in [5, 5.41) is 11.0. The van der Waals surface area contributed by atoms with Gasteiger partial charge in [0.2, 0.25) is 0 Å². The zero-order valence-electron chi connectivity index (χ0n) is 17.9. The highest BCUT2D eigenvalue weighted by Gasteiger charge is 2.16. The SMILES string of the molecule is COC(=O)c1cc(NC(=O)c2ccc(Cn3nnc4ccccc43)cc2)cc(C(=O)OC)c1. The molecular weight excluding hydrogens is 424 g/mol. The van der Waals surface area contributed by atoms with Crippen LogP contribution >= 0.6 is 0 Å². The molecule has 0 spiro atoms. The van der Waals surface area contributed by atoms with Gasteiger partial charge in [0.25, 0.3) is 5.91 Å². The first kappa shape index (κ1) is 21.7. The second-order valence-corrected chi connectivity index (χ2v) is 7.17. The van der Waals surface area contributed by atoms with Gasteiger partial charge in [-0.05, 0) is 48.0 Å². The van der Waals surface area contributed by atoms with Crippen molar-refractivity contribution in [3.05, 3.63) is 89.0 Å². The third kappa shape index (κ3) is 4.72. The van der Waals surface area contributed by atoms with Crippen LogP contribution in [0.5, 0.6) is 0 Å². The molecule has 9 heteroatoms. The highest BCUT2D eigenvalue weighted by Crippen LogP contribution is 2.19. The average Bonchev–Trinajstić information content (AvgIpc) is 3.26. The van der Waals surface area contributed by atoms with E-state index >= 15 is 0 Å². The first-order valence-electron chi connectivity index (χ1n) is 9.98. The van der Waals surface area contributed by atoms with E-state index in [1.54, 1.807) is 16.8 Å². The molecule has 33 heavy (non-hydrogen) atoms. The van der Waals surface area contributed by atoms with E-state index in [4.69, 9.17) is 9.47 Å². The Kier molecular flexibility index (Phi) is 6.12. The molecule has 0 radical (unpaired) electrons. The number of benzene rings is 3. The maximum Gasteiger partial charge on any atom is 0.337 e. The number of nitrogens with zero attached hydrogens (tertiary/aromatic N) is 3. The highest BCUT2D eigenvalue weighted by molar-refractivity contribution is 6.06. The Morgan fingerprint density at radius 2 is 1.48 bits per heavy atom. The molecule has 0 saturated heterocycles. The molecule has 0 unspecified atom stereocenters. The van der Waals surface area contributed by atoms with Crippen LogP contribution in [0.1, 0.15) is 36.6 Å². The first-order valence-corrected chi connectivity index (χ1v) is 9.98. The summed E-state index contributed by atoms with van der Waals surface area (Å²) in [6.07, 6.45) is 0. The Morgan fingerprint density at radius 1 is 0.848 bits per heavy atom. The second-order valence-electron chi connectivity index (χ2n) is 7.17. The van der Waals surface area contributed by atoms with Crippen LogP contribution in [-0.2, 0) is 16.0 Å². The van der Waals surface area contributed by atoms with Crippen LogP contribution in [0.4, 0.5) is 5.69 Å². The largest absolute Gasteiger partial charge is 0.465 e. The lowest BCUT2D eigenvalue weighted by Crippen LogP contribution is -2.14. The molecule has 0 aliphatic carbocycles. The number of nitrogens with one attached hydrogen (secondary N) is 1. The standard InChI is InChI=1S/C24H20N4O5/c1-32-23(30)17-11-18(24(31)33-2)13-19(12-17)25-22(29)16-9-7-15(8-10-16)14-28-21-6-4-3-5-20(21)26-27-28/h3-13H,14H2,1-2H3,(H,25,29). The number of methoxy groups -OCH3 is 2. The van der Waals surface area contributed by atoms with Crippen molar-refractivity contribution in [3.8, 4) is 0 Å². The molecule has 0 aliphatic heterocycles. The van der Waals surface area contributed by atoms with Gasteiger partial charge in [-0.25, -0.2) is 14.3 Å². The maximum absolute atomic E-state index is 12.7. The Labute approximate surface area is 188 Å². The zero-order chi connectivity index (χ0) is 23.4. The summed E-state index contributed by atoms with van der Waals surface area (Å²) in [7, 11) is 2.46. The first-order chi connectivity index (χ1) is 16.0. The highest BCUT2D eigenvalue weighted by atomic mass is 16.5. The van der Waals surface area contributed by atoms with E-state index < -0.39 is 17.8 Å². The fraction of sp³-hybridized carbons (Fsp3) is 0.125. The molecular formula is C24H20N4O5. The van der Waals surface area contributed by atoms with Crippen molar-refractivity contribution in [3.63, 3.8) is 0 Å². The minimum atomic E-state index is -0.638. The number of aromatic nitrogens is 3. The summed E-state index contributed by atoms with van der Waals surface area (Å²) in [5.41, 5.74) is 3.59. The van der Waals surface area contributed by atoms with Crippen LogP contribution in [-0.4, -0.2) is 47.1 Å². The summed E-state index contributed by atoms with van der Waals surface area (Å²) < 4.78 is 11.2. The number of fused-ring (bicyclic) bond motifs is 1. The van der Waals surface area contributed by atoms with Crippen molar-refractivity contribution in [2.24, 2.45) is 0 Å². The number of ether oxygens (including phenoxy) is 2. The monoisotopic (exact) mass is 444 g/mol. The third-order valence-electron chi connectivity index (χ3n) is 5.00. The van der Waals surface area contributed by atoms with Crippen LogP contribution in [0, 0.1) is 0 Å².